The predicted octanol–water partition coefficient (Wildman–Crippen LogP) is 5.05. The van der Waals surface area contributed by atoms with E-state index in [1.54, 1.807) is 0 Å². The number of imidazole rings is 1. The second-order valence-corrected chi connectivity index (χ2v) is 8.22. The number of H-pyrrole nitrogens is 1. The lowest BCUT2D eigenvalue weighted by atomic mass is 10.1. The highest BCUT2D eigenvalue weighted by atomic mass is 79.9. The first kappa shape index (κ1) is 17.6. The number of aromatic nitrogens is 3. The van der Waals surface area contributed by atoms with E-state index in [4.69, 9.17) is 9.97 Å². The van der Waals surface area contributed by atoms with Crippen molar-refractivity contribution in [1.82, 2.24) is 19.9 Å². The van der Waals surface area contributed by atoms with Gasteiger partial charge >= 0.3 is 0 Å². The van der Waals surface area contributed by atoms with Crippen LogP contribution >= 0.6 is 15.9 Å². The first-order valence-corrected chi connectivity index (χ1v) is 10.6. The maximum atomic E-state index is 4.93. The molecule has 0 bridgehead atoms. The SMILES string of the molecule is Brc1ccc2cc(-c3nc4ccccc4[nH]3)c(NCCN3CCCC3)nc2c1. The number of para-hydroxylation sites is 2. The normalized spacial score (nSPS) is 14.9. The molecule has 1 aliphatic heterocycles. The summed E-state index contributed by atoms with van der Waals surface area (Å²) in [4.78, 5) is 15.7. The van der Waals surface area contributed by atoms with Crippen LogP contribution in [0.2, 0.25) is 0 Å². The zero-order valence-electron chi connectivity index (χ0n) is 15.6. The van der Waals surface area contributed by atoms with Gasteiger partial charge in [-0.2, -0.15) is 0 Å². The van der Waals surface area contributed by atoms with E-state index in [1.165, 1.54) is 25.9 Å². The Morgan fingerprint density at radius 2 is 1.86 bits per heavy atom. The van der Waals surface area contributed by atoms with Gasteiger partial charge < -0.3 is 15.2 Å². The summed E-state index contributed by atoms with van der Waals surface area (Å²) < 4.78 is 1.03. The number of pyridine rings is 1. The van der Waals surface area contributed by atoms with Crippen LogP contribution in [0.1, 0.15) is 12.8 Å². The minimum absolute atomic E-state index is 0.849. The van der Waals surface area contributed by atoms with E-state index in [0.29, 0.717) is 0 Å². The quantitative estimate of drug-likeness (QED) is 0.460. The molecule has 0 aliphatic carbocycles. The standard InChI is InChI=1S/C22H22BrN5/c23-16-8-7-15-13-17(22-25-18-5-1-2-6-19(18)26-22)21(27-20(15)14-16)24-9-12-28-10-3-4-11-28/h1-2,5-8,13-14H,3-4,9-12H2,(H,24,27)(H,25,26). The molecule has 0 unspecified atom stereocenters. The lowest BCUT2D eigenvalue weighted by Gasteiger charge is -2.16. The Balaban J connectivity index is 1.53. The molecule has 142 valence electrons. The largest absolute Gasteiger partial charge is 0.368 e. The minimum atomic E-state index is 0.849. The zero-order chi connectivity index (χ0) is 18.9. The highest BCUT2D eigenvalue weighted by Crippen LogP contribution is 2.31. The van der Waals surface area contributed by atoms with E-state index in [1.807, 2.05) is 24.3 Å². The second-order valence-electron chi connectivity index (χ2n) is 7.30. The summed E-state index contributed by atoms with van der Waals surface area (Å²) >= 11 is 3.56. The average Bonchev–Trinajstić information content (AvgIpc) is 3.37. The fraction of sp³-hybridized carbons (Fsp3) is 0.273. The Kier molecular flexibility index (Phi) is 4.74. The molecule has 2 aromatic carbocycles. The maximum absolute atomic E-state index is 4.93. The summed E-state index contributed by atoms with van der Waals surface area (Å²) in [5.41, 5.74) is 3.98. The molecule has 5 nitrogen and oxygen atoms in total. The number of hydrogen-bond donors (Lipinski definition) is 2. The molecule has 0 spiro atoms. The number of fused-ring (bicyclic) bond motifs is 2. The topological polar surface area (TPSA) is 56.8 Å². The molecule has 3 heterocycles. The number of hydrogen-bond acceptors (Lipinski definition) is 4. The molecule has 2 aromatic heterocycles. The van der Waals surface area contributed by atoms with Crippen LogP contribution in [-0.2, 0) is 0 Å². The summed E-state index contributed by atoms with van der Waals surface area (Å²) in [5.74, 6) is 1.73. The third kappa shape index (κ3) is 3.50. The van der Waals surface area contributed by atoms with Crippen LogP contribution in [0.5, 0.6) is 0 Å². The van der Waals surface area contributed by atoms with Gasteiger partial charge in [-0.15, -0.1) is 0 Å². The van der Waals surface area contributed by atoms with Crippen molar-refractivity contribution in [3.05, 3.63) is 53.0 Å². The Hall–Kier alpha value is -2.44. The number of nitrogens with zero attached hydrogens (tertiary/aromatic N) is 3. The molecule has 1 aliphatic rings. The monoisotopic (exact) mass is 435 g/mol. The third-order valence-corrected chi connectivity index (χ3v) is 5.84. The predicted molar refractivity (Wildman–Crippen MR) is 119 cm³/mol. The Morgan fingerprint density at radius 1 is 1.00 bits per heavy atom. The van der Waals surface area contributed by atoms with E-state index >= 15 is 0 Å². The fourth-order valence-corrected chi connectivity index (χ4v) is 4.22. The van der Waals surface area contributed by atoms with Crippen LogP contribution in [0.25, 0.3) is 33.3 Å². The van der Waals surface area contributed by atoms with E-state index in [0.717, 1.165) is 56.7 Å². The second kappa shape index (κ2) is 7.53. The van der Waals surface area contributed by atoms with Gasteiger partial charge in [0.15, 0.2) is 0 Å². The van der Waals surface area contributed by atoms with E-state index in [-0.39, 0.29) is 0 Å². The van der Waals surface area contributed by atoms with Crippen LogP contribution < -0.4 is 5.32 Å². The molecule has 28 heavy (non-hydrogen) atoms. The van der Waals surface area contributed by atoms with Crippen LogP contribution in [0.15, 0.2) is 53.0 Å². The highest BCUT2D eigenvalue weighted by molar-refractivity contribution is 9.10. The molecule has 2 N–H and O–H groups in total. The molecule has 1 saturated heterocycles. The first-order chi connectivity index (χ1) is 13.8. The molecule has 6 heteroatoms. The number of likely N-dealkylation sites (tertiary alicyclic amines) is 1. The molecule has 5 rings (SSSR count). The lowest BCUT2D eigenvalue weighted by molar-refractivity contribution is 0.352. The summed E-state index contributed by atoms with van der Waals surface area (Å²) in [5, 5.41) is 4.67. The molecule has 0 amide bonds. The molecule has 0 radical (unpaired) electrons. The van der Waals surface area contributed by atoms with Gasteiger partial charge in [0.1, 0.15) is 11.6 Å². The van der Waals surface area contributed by atoms with E-state index in [2.05, 4.69) is 55.4 Å². The van der Waals surface area contributed by atoms with Gasteiger partial charge in [0.2, 0.25) is 0 Å². The minimum Gasteiger partial charge on any atom is -0.368 e. The highest BCUT2D eigenvalue weighted by Gasteiger charge is 2.15. The number of benzene rings is 2. The molecule has 0 saturated carbocycles. The molecule has 1 fully saturated rings. The van der Waals surface area contributed by atoms with Crippen molar-refractivity contribution in [2.75, 3.05) is 31.5 Å². The van der Waals surface area contributed by atoms with Gasteiger partial charge in [0.05, 0.1) is 22.1 Å². The molecular formula is C22H22BrN5. The summed E-state index contributed by atoms with van der Waals surface area (Å²) in [7, 11) is 0. The van der Waals surface area contributed by atoms with E-state index in [9.17, 15) is 0 Å². The van der Waals surface area contributed by atoms with Crippen LogP contribution in [-0.4, -0.2) is 46.0 Å². The van der Waals surface area contributed by atoms with Crippen LogP contribution in [0.4, 0.5) is 5.82 Å². The number of anilines is 1. The van der Waals surface area contributed by atoms with Crippen molar-refractivity contribution < 1.29 is 0 Å². The zero-order valence-corrected chi connectivity index (χ0v) is 17.2. The summed E-state index contributed by atoms with van der Waals surface area (Å²) in [6, 6.07) is 16.5. The third-order valence-electron chi connectivity index (χ3n) is 5.34. The smallest absolute Gasteiger partial charge is 0.142 e. The summed E-state index contributed by atoms with van der Waals surface area (Å²) in [6.45, 7) is 4.32. The van der Waals surface area contributed by atoms with Gasteiger partial charge in [-0.3, -0.25) is 0 Å². The lowest BCUT2D eigenvalue weighted by Crippen LogP contribution is -2.26. The molecule has 0 atom stereocenters. The number of aromatic amines is 1. The first-order valence-electron chi connectivity index (χ1n) is 9.78. The number of rotatable bonds is 5. The number of halogens is 1. The molecule has 4 aromatic rings. The Bertz CT molecular complexity index is 1100. The van der Waals surface area contributed by atoms with Crippen LogP contribution in [0.3, 0.4) is 0 Å². The van der Waals surface area contributed by atoms with Crippen molar-refractivity contribution in [2.24, 2.45) is 0 Å². The van der Waals surface area contributed by atoms with Gasteiger partial charge in [0, 0.05) is 22.9 Å². The number of nitrogens with one attached hydrogen (secondary N) is 2. The van der Waals surface area contributed by atoms with Crippen molar-refractivity contribution in [2.45, 2.75) is 12.8 Å². The van der Waals surface area contributed by atoms with Crippen molar-refractivity contribution in [3.8, 4) is 11.4 Å². The van der Waals surface area contributed by atoms with Gasteiger partial charge in [-0.1, -0.05) is 34.1 Å². The van der Waals surface area contributed by atoms with Gasteiger partial charge in [0.25, 0.3) is 0 Å². The Labute approximate surface area is 172 Å². The maximum Gasteiger partial charge on any atom is 0.142 e. The fourth-order valence-electron chi connectivity index (χ4n) is 3.87. The van der Waals surface area contributed by atoms with Crippen molar-refractivity contribution in [1.29, 1.82) is 0 Å². The van der Waals surface area contributed by atoms with E-state index < -0.39 is 0 Å². The Morgan fingerprint density at radius 3 is 2.71 bits per heavy atom. The van der Waals surface area contributed by atoms with Crippen molar-refractivity contribution >= 4 is 43.7 Å². The van der Waals surface area contributed by atoms with Crippen molar-refractivity contribution in [3.63, 3.8) is 0 Å². The van der Waals surface area contributed by atoms with Crippen LogP contribution in [0, 0.1) is 0 Å². The average molecular weight is 436 g/mol. The molecular weight excluding hydrogens is 414 g/mol. The van der Waals surface area contributed by atoms with Gasteiger partial charge in [-0.25, -0.2) is 9.97 Å². The summed E-state index contributed by atoms with van der Waals surface area (Å²) in [6.07, 6.45) is 2.62. The van der Waals surface area contributed by atoms with Gasteiger partial charge in [-0.05, 0) is 56.3 Å².